The van der Waals surface area contributed by atoms with Gasteiger partial charge in [-0.05, 0) is 56.6 Å². The van der Waals surface area contributed by atoms with Crippen molar-refractivity contribution in [3.05, 3.63) is 35.4 Å². The van der Waals surface area contributed by atoms with Crippen molar-refractivity contribution in [3.63, 3.8) is 0 Å². The zero-order valence-electron chi connectivity index (χ0n) is 15.2. The molecule has 0 aromatic heterocycles. The molecule has 0 radical (unpaired) electrons. The van der Waals surface area contributed by atoms with Gasteiger partial charge in [-0.2, -0.15) is 0 Å². The van der Waals surface area contributed by atoms with E-state index in [1.807, 2.05) is 13.8 Å². The number of carbonyl (C=O) groups excluding carboxylic acids is 2. The summed E-state index contributed by atoms with van der Waals surface area (Å²) in [4.78, 5) is 23.7. The van der Waals surface area contributed by atoms with E-state index >= 15 is 0 Å². The van der Waals surface area contributed by atoms with Crippen LogP contribution in [-0.2, 0) is 6.54 Å². The number of urea groups is 1. The van der Waals surface area contributed by atoms with Gasteiger partial charge in [-0.3, -0.25) is 15.6 Å². The van der Waals surface area contributed by atoms with Crippen LogP contribution in [0.1, 0.15) is 55.5 Å². The zero-order chi connectivity index (χ0) is 18.9. The minimum Gasteiger partial charge on any atom is -0.359 e. The van der Waals surface area contributed by atoms with Gasteiger partial charge in [0.2, 0.25) is 0 Å². The molecular weight excluding hydrogens is 350 g/mol. The van der Waals surface area contributed by atoms with E-state index in [1.165, 1.54) is 12.8 Å². The first-order valence-electron chi connectivity index (χ1n) is 8.94. The summed E-state index contributed by atoms with van der Waals surface area (Å²) >= 11 is 5.19. The van der Waals surface area contributed by atoms with Crippen molar-refractivity contribution in [1.29, 1.82) is 0 Å². The van der Waals surface area contributed by atoms with Crippen molar-refractivity contribution in [2.24, 2.45) is 0 Å². The maximum Gasteiger partial charge on any atom is 0.315 e. The molecule has 0 spiro atoms. The Hall–Kier alpha value is -2.35. The predicted octanol–water partition coefficient (Wildman–Crippen LogP) is 1.95. The van der Waals surface area contributed by atoms with Crippen LogP contribution in [0.2, 0.25) is 0 Å². The third-order valence-corrected chi connectivity index (χ3v) is 4.29. The summed E-state index contributed by atoms with van der Waals surface area (Å²) in [5.41, 5.74) is 6.75. The third-order valence-electron chi connectivity index (χ3n) is 4.07. The number of hydrogen-bond acceptors (Lipinski definition) is 3. The highest BCUT2D eigenvalue weighted by molar-refractivity contribution is 7.80. The summed E-state index contributed by atoms with van der Waals surface area (Å²) in [6.45, 7) is 4.19. The van der Waals surface area contributed by atoms with E-state index in [2.05, 4.69) is 26.8 Å². The molecule has 7 nitrogen and oxygen atoms in total. The third kappa shape index (κ3) is 6.87. The molecule has 3 amide bonds. The second-order valence-electron chi connectivity index (χ2n) is 6.71. The smallest absolute Gasteiger partial charge is 0.315 e. The van der Waals surface area contributed by atoms with Crippen molar-refractivity contribution in [1.82, 2.24) is 26.8 Å². The molecule has 142 valence electrons. The number of carbonyl (C=O) groups is 2. The zero-order valence-corrected chi connectivity index (χ0v) is 16.0. The van der Waals surface area contributed by atoms with Crippen LogP contribution in [0, 0.1) is 0 Å². The largest absolute Gasteiger partial charge is 0.359 e. The first-order chi connectivity index (χ1) is 12.4. The Morgan fingerprint density at radius 2 is 1.77 bits per heavy atom. The summed E-state index contributed by atoms with van der Waals surface area (Å²) in [5, 5.41) is 9.15. The number of hydrazine groups is 1. The van der Waals surface area contributed by atoms with Crippen LogP contribution in [0.5, 0.6) is 0 Å². The number of nitrogens with one attached hydrogen (secondary N) is 5. The second-order valence-corrected chi connectivity index (χ2v) is 7.12. The standard InChI is InChI=1S/C18H27N5O2S/c1-12(2)20-17(25)19-11-13-7-9-14(10-8-13)16(24)22-23-18(26)21-15-5-3-4-6-15/h7-10,12,15H,3-6,11H2,1-2H3,(H,22,24)(H2,19,20,25)(H2,21,23,26). The van der Waals surface area contributed by atoms with Gasteiger partial charge >= 0.3 is 6.03 Å². The number of amides is 3. The topological polar surface area (TPSA) is 94.3 Å². The summed E-state index contributed by atoms with van der Waals surface area (Å²) < 4.78 is 0. The van der Waals surface area contributed by atoms with E-state index in [4.69, 9.17) is 12.2 Å². The Balaban J connectivity index is 1.73. The van der Waals surface area contributed by atoms with Gasteiger partial charge in [0.05, 0.1) is 0 Å². The van der Waals surface area contributed by atoms with Gasteiger partial charge in [0.15, 0.2) is 5.11 Å². The molecule has 0 aliphatic heterocycles. The SMILES string of the molecule is CC(C)NC(=O)NCc1ccc(C(=O)NNC(=S)NC2CCCC2)cc1. The lowest BCUT2D eigenvalue weighted by molar-refractivity contribution is 0.0943. The van der Waals surface area contributed by atoms with Crippen LogP contribution in [-0.4, -0.2) is 29.1 Å². The van der Waals surface area contributed by atoms with E-state index < -0.39 is 0 Å². The average molecular weight is 378 g/mol. The van der Waals surface area contributed by atoms with Gasteiger partial charge < -0.3 is 16.0 Å². The number of thiocarbonyl (C=S) groups is 1. The molecule has 1 aromatic carbocycles. The molecule has 1 aliphatic carbocycles. The quantitative estimate of drug-likeness (QED) is 0.399. The summed E-state index contributed by atoms with van der Waals surface area (Å²) in [5.74, 6) is -0.266. The average Bonchev–Trinajstić information content (AvgIpc) is 3.10. The monoisotopic (exact) mass is 377 g/mol. The van der Waals surface area contributed by atoms with Crippen LogP contribution in [0.4, 0.5) is 4.79 Å². The second kappa shape index (κ2) is 9.96. The van der Waals surface area contributed by atoms with Crippen LogP contribution in [0.15, 0.2) is 24.3 Å². The first-order valence-corrected chi connectivity index (χ1v) is 9.35. The van der Waals surface area contributed by atoms with Gasteiger partial charge in [-0.15, -0.1) is 0 Å². The molecule has 0 saturated heterocycles. The first kappa shape index (κ1) is 20.0. The fourth-order valence-electron chi connectivity index (χ4n) is 2.75. The van der Waals surface area contributed by atoms with Gasteiger partial charge in [0, 0.05) is 24.2 Å². The van der Waals surface area contributed by atoms with E-state index in [-0.39, 0.29) is 18.0 Å². The Morgan fingerprint density at radius 1 is 1.12 bits per heavy atom. The lowest BCUT2D eigenvalue weighted by atomic mass is 10.1. The van der Waals surface area contributed by atoms with E-state index in [0.29, 0.717) is 23.3 Å². The van der Waals surface area contributed by atoms with Gasteiger partial charge in [0.1, 0.15) is 0 Å². The van der Waals surface area contributed by atoms with Crippen LogP contribution in [0.25, 0.3) is 0 Å². The predicted molar refractivity (Wildman–Crippen MR) is 106 cm³/mol. The number of benzene rings is 1. The molecule has 0 atom stereocenters. The Bertz CT molecular complexity index is 627. The highest BCUT2D eigenvalue weighted by Gasteiger charge is 2.15. The molecule has 0 bridgehead atoms. The molecule has 5 N–H and O–H groups in total. The van der Waals surface area contributed by atoms with Crippen LogP contribution in [0.3, 0.4) is 0 Å². The molecule has 0 heterocycles. The molecule has 1 saturated carbocycles. The Kier molecular flexibility index (Phi) is 7.65. The lowest BCUT2D eigenvalue weighted by Gasteiger charge is -2.16. The van der Waals surface area contributed by atoms with Crippen molar-refractivity contribution >= 4 is 29.3 Å². The minimum absolute atomic E-state index is 0.0859. The van der Waals surface area contributed by atoms with Crippen molar-refractivity contribution in [2.45, 2.75) is 58.2 Å². The van der Waals surface area contributed by atoms with Gasteiger partial charge in [-0.25, -0.2) is 4.79 Å². The number of rotatable bonds is 5. The minimum atomic E-state index is -0.266. The fraction of sp³-hybridized carbons (Fsp3) is 0.500. The molecule has 1 aliphatic rings. The van der Waals surface area contributed by atoms with Crippen LogP contribution < -0.4 is 26.8 Å². The van der Waals surface area contributed by atoms with E-state index in [0.717, 1.165) is 18.4 Å². The van der Waals surface area contributed by atoms with Gasteiger partial charge in [-0.1, -0.05) is 25.0 Å². The lowest BCUT2D eigenvalue weighted by Crippen LogP contribution is -2.49. The maximum atomic E-state index is 12.1. The Morgan fingerprint density at radius 3 is 2.38 bits per heavy atom. The van der Waals surface area contributed by atoms with Gasteiger partial charge in [0.25, 0.3) is 5.91 Å². The van der Waals surface area contributed by atoms with Crippen molar-refractivity contribution < 1.29 is 9.59 Å². The van der Waals surface area contributed by atoms with Crippen molar-refractivity contribution in [3.8, 4) is 0 Å². The number of hydrogen-bond donors (Lipinski definition) is 5. The normalized spacial score (nSPS) is 14.0. The molecule has 1 fully saturated rings. The summed E-state index contributed by atoms with van der Waals surface area (Å²) in [6, 6.07) is 7.30. The molecule has 8 heteroatoms. The molecule has 0 unspecified atom stereocenters. The summed E-state index contributed by atoms with van der Waals surface area (Å²) in [7, 11) is 0. The highest BCUT2D eigenvalue weighted by atomic mass is 32.1. The van der Waals surface area contributed by atoms with E-state index in [9.17, 15) is 9.59 Å². The molecule has 1 aromatic rings. The molecule has 26 heavy (non-hydrogen) atoms. The highest BCUT2D eigenvalue weighted by Crippen LogP contribution is 2.17. The van der Waals surface area contributed by atoms with Crippen LogP contribution >= 0.6 is 12.2 Å². The van der Waals surface area contributed by atoms with Crippen molar-refractivity contribution in [2.75, 3.05) is 0 Å². The maximum absolute atomic E-state index is 12.1. The molecule has 2 rings (SSSR count). The summed E-state index contributed by atoms with van der Waals surface area (Å²) in [6.07, 6.45) is 4.65. The Labute approximate surface area is 159 Å². The molecular formula is C18H27N5O2S. The van der Waals surface area contributed by atoms with E-state index in [1.54, 1.807) is 24.3 Å². The fourth-order valence-corrected chi connectivity index (χ4v) is 2.96.